The summed E-state index contributed by atoms with van der Waals surface area (Å²) in [6, 6.07) is 0.176. The normalized spacial score (nSPS) is 36.3. The summed E-state index contributed by atoms with van der Waals surface area (Å²) < 4.78 is 5.45. The monoisotopic (exact) mass is 267 g/mol. The quantitative estimate of drug-likeness (QED) is 0.911. The first kappa shape index (κ1) is 12.5. The zero-order chi connectivity index (χ0) is 12.5. The second kappa shape index (κ2) is 5.21. The fraction of sp³-hybridized carbons (Fsp3) is 0.846. The average Bonchev–Trinajstić information content (AvgIpc) is 3.07. The molecular formula is C13H21N3OS. The number of nitrogens with two attached hydrogens (primary N) is 1. The number of hydrogen-bond donors (Lipinski definition) is 1. The molecule has 0 amide bonds. The Morgan fingerprint density at radius 2 is 2.28 bits per heavy atom. The van der Waals surface area contributed by atoms with E-state index in [1.54, 1.807) is 0 Å². The molecule has 0 spiro atoms. The molecule has 1 aromatic heterocycles. The van der Waals surface area contributed by atoms with E-state index in [0.717, 1.165) is 29.1 Å². The van der Waals surface area contributed by atoms with Crippen molar-refractivity contribution in [1.29, 1.82) is 0 Å². The number of aromatic nitrogens is 2. The van der Waals surface area contributed by atoms with Crippen LogP contribution in [0.25, 0.3) is 0 Å². The van der Waals surface area contributed by atoms with E-state index >= 15 is 0 Å². The van der Waals surface area contributed by atoms with Crippen molar-refractivity contribution in [1.82, 2.24) is 10.1 Å². The molecule has 4 unspecified atom stereocenters. The number of rotatable bonds is 3. The van der Waals surface area contributed by atoms with Gasteiger partial charge >= 0.3 is 0 Å². The molecule has 5 heteroatoms. The Morgan fingerprint density at radius 1 is 1.39 bits per heavy atom. The third kappa shape index (κ3) is 2.30. The van der Waals surface area contributed by atoms with E-state index in [2.05, 4.69) is 17.1 Å². The zero-order valence-electron chi connectivity index (χ0n) is 10.8. The molecule has 1 aliphatic carbocycles. The Hall–Kier alpha value is -0.550. The summed E-state index contributed by atoms with van der Waals surface area (Å²) in [4.78, 5) is 4.62. The van der Waals surface area contributed by atoms with Gasteiger partial charge in [-0.25, -0.2) is 0 Å². The number of thioether (sulfide) groups is 1. The lowest BCUT2D eigenvalue weighted by atomic mass is 10.0. The highest BCUT2D eigenvalue weighted by Gasteiger charge is 2.33. The molecule has 1 saturated carbocycles. The van der Waals surface area contributed by atoms with Gasteiger partial charge in [0.2, 0.25) is 5.89 Å². The Labute approximate surface area is 112 Å². The maximum atomic E-state index is 6.07. The lowest BCUT2D eigenvalue weighted by Gasteiger charge is -2.08. The van der Waals surface area contributed by atoms with Gasteiger partial charge in [-0.3, -0.25) is 0 Å². The molecule has 0 aromatic carbocycles. The van der Waals surface area contributed by atoms with E-state index in [1.165, 1.54) is 25.7 Å². The van der Waals surface area contributed by atoms with Gasteiger partial charge in [-0.15, -0.1) is 0 Å². The van der Waals surface area contributed by atoms with Crippen LogP contribution in [0.1, 0.15) is 56.2 Å². The van der Waals surface area contributed by atoms with E-state index in [9.17, 15) is 0 Å². The van der Waals surface area contributed by atoms with Gasteiger partial charge in [0.1, 0.15) is 0 Å². The van der Waals surface area contributed by atoms with Crippen LogP contribution in [0.3, 0.4) is 0 Å². The second-order valence-corrected chi connectivity index (χ2v) is 6.66. The minimum absolute atomic E-state index is 0.176. The predicted molar refractivity (Wildman–Crippen MR) is 72.7 cm³/mol. The lowest BCUT2D eigenvalue weighted by Crippen LogP contribution is -2.26. The van der Waals surface area contributed by atoms with E-state index in [1.807, 2.05) is 11.8 Å². The summed E-state index contributed by atoms with van der Waals surface area (Å²) in [5, 5.41) is 4.20. The number of nitrogens with zero attached hydrogens (tertiary/aromatic N) is 2. The van der Waals surface area contributed by atoms with E-state index in [4.69, 9.17) is 10.3 Å². The molecule has 2 N–H and O–H groups in total. The van der Waals surface area contributed by atoms with Crippen LogP contribution in [-0.4, -0.2) is 27.7 Å². The lowest BCUT2D eigenvalue weighted by molar-refractivity contribution is 0.346. The maximum absolute atomic E-state index is 6.07. The zero-order valence-corrected chi connectivity index (χ0v) is 11.7. The molecule has 1 aromatic rings. The molecule has 1 saturated heterocycles. The van der Waals surface area contributed by atoms with E-state index < -0.39 is 0 Å². The van der Waals surface area contributed by atoms with Crippen molar-refractivity contribution in [2.24, 2.45) is 11.7 Å². The Morgan fingerprint density at radius 3 is 2.94 bits per heavy atom. The van der Waals surface area contributed by atoms with Crippen LogP contribution in [-0.2, 0) is 0 Å². The molecule has 0 radical (unpaired) electrons. The van der Waals surface area contributed by atoms with Crippen molar-refractivity contribution in [2.75, 3.05) is 11.5 Å². The summed E-state index contributed by atoms with van der Waals surface area (Å²) in [5.41, 5.74) is 6.07. The van der Waals surface area contributed by atoms with Gasteiger partial charge in [-0.2, -0.15) is 16.7 Å². The SMILES string of the molecule is CCC1CCC(c2noc(C3CSCC3N)n2)C1. The standard InChI is InChI=1S/C13H21N3OS/c1-2-8-3-4-9(5-8)12-15-13(17-16-12)10-6-18-7-11(10)14/h8-11H,2-7,14H2,1H3. The number of hydrogen-bond acceptors (Lipinski definition) is 5. The smallest absolute Gasteiger partial charge is 0.232 e. The van der Waals surface area contributed by atoms with Crippen LogP contribution >= 0.6 is 11.8 Å². The van der Waals surface area contributed by atoms with Gasteiger partial charge in [0.25, 0.3) is 0 Å². The van der Waals surface area contributed by atoms with Crippen LogP contribution in [0.2, 0.25) is 0 Å². The summed E-state index contributed by atoms with van der Waals surface area (Å²) in [7, 11) is 0. The highest BCUT2D eigenvalue weighted by Crippen LogP contribution is 2.39. The van der Waals surface area contributed by atoms with E-state index in [-0.39, 0.29) is 12.0 Å². The first-order valence-electron chi connectivity index (χ1n) is 6.94. The second-order valence-electron chi connectivity index (χ2n) is 5.58. The summed E-state index contributed by atoms with van der Waals surface area (Å²) >= 11 is 1.88. The summed E-state index contributed by atoms with van der Waals surface area (Å²) in [6.07, 6.45) is 5.01. The first-order chi connectivity index (χ1) is 8.78. The topological polar surface area (TPSA) is 64.9 Å². The molecule has 3 rings (SSSR count). The van der Waals surface area contributed by atoms with Crippen LogP contribution in [0.15, 0.2) is 4.52 Å². The van der Waals surface area contributed by atoms with Crippen molar-refractivity contribution >= 4 is 11.8 Å². The minimum Gasteiger partial charge on any atom is -0.339 e. The van der Waals surface area contributed by atoms with Crippen LogP contribution < -0.4 is 5.73 Å². The average molecular weight is 267 g/mol. The molecule has 2 heterocycles. The Kier molecular flexibility index (Phi) is 3.61. The van der Waals surface area contributed by atoms with Gasteiger partial charge in [0.15, 0.2) is 5.82 Å². The van der Waals surface area contributed by atoms with Crippen molar-refractivity contribution in [3.63, 3.8) is 0 Å². The van der Waals surface area contributed by atoms with Gasteiger partial charge in [-0.1, -0.05) is 18.5 Å². The van der Waals surface area contributed by atoms with Crippen LogP contribution in [0.4, 0.5) is 0 Å². The minimum atomic E-state index is 0.176. The van der Waals surface area contributed by atoms with E-state index in [0.29, 0.717) is 5.92 Å². The molecule has 18 heavy (non-hydrogen) atoms. The largest absolute Gasteiger partial charge is 0.339 e. The molecular weight excluding hydrogens is 246 g/mol. The highest BCUT2D eigenvalue weighted by atomic mass is 32.2. The van der Waals surface area contributed by atoms with Gasteiger partial charge in [0.05, 0.1) is 5.92 Å². The molecule has 0 bridgehead atoms. The van der Waals surface area contributed by atoms with Crippen LogP contribution in [0.5, 0.6) is 0 Å². The molecule has 4 atom stereocenters. The van der Waals surface area contributed by atoms with Crippen molar-refractivity contribution in [2.45, 2.75) is 50.5 Å². The van der Waals surface area contributed by atoms with Gasteiger partial charge in [-0.05, 0) is 25.2 Å². The van der Waals surface area contributed by atoms with Crippen molar-refractivity contribution < 1.29 is 4.52 Å². The first-order valence-corrected chi connectivity index (χ1v) is 8.10. The van der Waals surface area contributed by atoms with Crippen molar-refractivity contribution in [3.8, 4) is 0 Å². The molecule has 1 aliphatic heterocycles. The molecule has 2 aliphatic rings. The van der Waals surface area contributed by atoms with Gasteiger partial charge < -0.3 is 10.3 Å². The third-order valence-corrected chi connectivity index (χ3v) is 5.60. The molecule has 100 valence electrons. The summed E-state index contributed by atoms with van der Waals surface area (Å²) in [5.74, 6) is 5.33. The highest BCUT2D eigenvalue weighted by molar-refractivity contribution is 7.99. The maximum Gasteiger partial charge on any atom is 0.232 e. The Bertz CT molecular complexity index is 409. The summed E-state index contributed by atoms with van der Waals surface area (Å²) in [6.45, 7) is 2.27. The Balaban J connectivity index is 1.70. The fourth-order valence-electron chi connectivity index (χ4n) is 3.07. The predicted octanol–water partition coefficient (Wildman–Crippen LogP) is 2.52. The fourth-order valence-corrected chi connectivity index (χ4v) is 4.35. The van der Waals surface area contributed by atoms with Gasteiger partial charge in [0, 0.05) is 23.5 Å². The van der Waals surface area contributed by atoms with Crippen LogP contribution in [0, 0.1) is 5.92 Å². The molecule has 2 fully saturated rings. The molecule has 4 nitrogen and oxygen atoms in total. The third-order valence-electron chi connectivity index (χ3n) is 4.38. The van der Waals surface area contributed by atoms with Crippen molar-refractivity contribution in [3.05, 3.63) is 11.7 Å².